The highest BCUT2D eigenvalue weighted by Gasteiger charge is 2.41. The van der Waals surface area contributed by atoms with Crippen molar-refractivity contribution in [1.82, 2.24) is 9.62 Å². The van der Waals surface area contributed by atoms with E-state index in [1.165, 1.54) is 19.3 Å². The number of sulfonamides is 1. The molecule has 4 nitrogen and oxygen atoms in total. The van der Waals surface area contributed by atoms with E-state index in [9.17, 15) is 8.42 Å². The number of hydrogen-bond acceptors (Lipinski definition) is 3. The number of nitrogens with one attached hydrogen (secondary N) is 1. The summed E-state index contributed by atoms with van der Waals surface area (Å²) in [5.41, 5.74) is 0. The molecule has 1 N–H and O–H groups in total. The van der Waals surface area contributed by atoms with Gasteiger partial charge in [-0.3, -0.25) is 0 Å². The minimum Gasteiger partial charge on any atom is -0.316 e. The van der Waals surface area contributed by atoms with E-state index in [1.807, 2.05) is 0 Å². The molecule has 1 aliphatic carbocycles. The Hall–Kier alpha value is 0.160. The molecule has 0 aromatic heterocycles. The zero-order valence-electron chi connectivity index (χ0n) is 11.4. The van der Waals surface area contributed by atoms with Gasteiger partial charge in [-0.15, -0.1) is 12.4 Å². The fourth-order valence-electron chi connectivity index (χ4n) is 3.80. The third-order valence-corrected chi connectivity index (χ3v) is 6.90. The zero-order chi connectivity index (χ0) is 12.6. The average Bonchev–Trinajstić information content (AvgIpc) is 2.89. The number of rotatable bonds is 3. The summed E-state index contributed by atoms with van der Waals surface area (Å²) < 4.78 is 26.7. The Morgan fingerprint density at radius 1 is 1.00 bits per heavy atom. The first kappa shape index (κ1) is 15.5. The molecule has 2 saturated heterocycles. The SMILES string of the molecule is Cl.O=S(=O)(CC1CCCCC1)N1C[C@H]2CNC[C@H]2C1. The molecule has 3 aliphatic rings. The molecule has 0 bridgehead atoms. The predicted molar refractivity (Wildman–Crippen MR) is 79.0 cm³/mol. The van der Waals surface area contributed by atoms with Crippen LogP contribution in [0.3, 0.4) is 0 Å². The maximum absolute atomic E-state index is 12.4. The molecule has 0 unspecified atom stereocenters. The van der Waals surface area contributed by atoms with E-state index in [2.05, 4.69) is 5.32 Å². The molecule has 2 atom stereocenters. The molecule has 19 heavy (non-hydrogen) atoms. The van der Waals surface area contributed by atoms with Crippen molar-refractivity contribution in [2.75, 3.05) is 31.9 Å². The van der Waals surface area contributed by atoms with E-state index in [1.54, 1.807) is 4.31 Å². The lowest BCUT2D eigenvalue weighted by Crippen LogP contribution is -2.36. The minimum atomic E-state index is -3.00. The summed E-state index contributed by atoms with van der Waals surface area (Å²) in [6, 6.07) is 0. The lowest BCUT2D eigenvalue weighted by molar-refractivity contribution is 0.373. The predicted octanol–water partition coefficient (Wildman–Crippen LogP) is 1.47. The second-order valence-electron chi connectivity index (χ2n) is 6.28. The number of fused-ring (bicyclic) bond motifs is 1. The standard InChI is InChI=1S/C13H24N2O2S.ClH/c16-18(17,10-11-4-2-1-3-5-11)15-8-12-6-14-7-13(12)9-15;/h11-14H,1-10H2;1H/t12-,13+;. The van der Waals surface area contributed by atoms with Crippen LogP contribution in [0.4, 0.5) is 0 Å². The van der Waals surface area contributed by atoms with E-state index in [0.29, 0.717) is 23.5 Å². The number of nitrogens with zero attached hydrogens (tertiary/aromatic N) is 1. The van der Waals surface area contributed by atoms with Gasteiger partial charge in [0.1, 0.15) is 0 Å². The van der Waals surface area contributed by atoms with Crippen LogP contribution in [0.2, 0.25) is 0 Å². The van der Waals surface area contributed by atoms with Crippen molar-refractivity contribution in [3.63, 3.8) is 0 Å². The Morgan fingerprint density at radius 2 is 1.58 bits per heavy atom. The third-order valence-electron chi connectivity index (χ3n) is 4.92. The van der Waals surface area contributed by atoms with Crippen LogP contribution in [0.1, 0.15) is 32.1 Å². The summed E-state index contributed by atoms with van der Waals surface area (Å²) in [5, 5.41) is 3.36. The van der Waals surface area contributed by atoms with Gasteiger partial charge < -0.3 is 5.32 Å². The van der Waals surface area contributed by atoms with Crippen LogP contribution in [-0.2, 0) is 10.0 Å². The second-order valence-corrected chi connectivity index (χ2v) is 8.29. The van der Waals surface area contributed by atoms with E-state index >= 15 is 0 Å². The van der Waals surface area contributed by atoms with Crippen LogP contribution in [0, 0.1) is 17.8 Å². The van der Waals surface area contributed by atoms with Gasteiger partial charge in [0.15, 0.2) is 0 Å². The van der Waals surface area contributed by atoms with Crippen molar-refractivity contribution in [3.05, 3.63) is 0 Å². The molecule has 3 fully saturated rings. The van der Waals surface area contributed by atoms with Crippen LogP contribution in [0.15, 0.2) is 0 Å². The highest BCUT2D eigenvalue weighted by Crippen LogP contribution is 2.31. The molecular formula is C13H25ClN2O2S. The maximum Gasteiger partial charge on any atom is 0.214 e. The maximum atomic E-state index is 12.4. The quantitative estimate of drug-likeness (QED) is 0.859. The van der Waals surface area contributed by atoms with Crippen LogP contribution in [0.5, 0.6) is 0 Å². The molecule has 1 saturated carbocycles. The van der Waals surface area contributed by atoms with Gasteiger partial charge in [0.2, 0.25) is 10.0 Å². The first-order valence-corrected chi connectivity index (χ1v) is 8.94. The normalized spacial score (nSPS) is 33.1. The summed E-state index contributed by atoms with van der Waals surface area (Å²) in [6.07, 6.45) is 5.95. The Morgan fingerprint density at radius 3 is 2.16 bits per heavy atom. The monoisotopic (exact) mass is 308 g/mol. The van der Waals surface area contributed by atoms with Crippen molar-refractivity contribution in [2.24, 2.45) is 17.8 Å². The fraction of sp³-hybridized carbons (Fsp3) is 1.00. The lowest BCUT2D eigenvalue weighted by atomic mass is 9.91. The summed E-state index contributed by atoms with van der Waals surface area (Å²) in [4.78, 5) is 0. The van der Waals surface area contributed by atoms with E-state index in [0.717, 1.165) is 39.0 Å². The van der Waals surface area contributed by atoms with Crippen LogP contribution in [0.25, 0.3) is 0 Å². The summed E-state index contributed by atoms with van der Waals surface area (Å²) in [6.45, 7) is 3.51. The van der Waals surface area contributed by atoms with Crippen molar-refractivity contribution >= 4 is 22.4 Å². The van der Waals surface area contributed by atoms with Gasteiger partial charge in [-0.1, -0.05) is 19.3 Å². The topological polar surface area (TPSA) is 49.4 Å². The van der Waals surface area contributed by atoms with Crippen LogP contribution in [-0.4, -0.2) is 44.7 Å². The zero-order valence-corrected chi connectivity index (χ0v) is 13.0. The average molecular weight is 309 g/mol. The van der Waals surface area contributed by atoms with Gasteiger partial charge in [-0.2, -0.15) is 0 Å². The second kappa shape index (κ2) is 6.29. The van der Waals surface area contributed by atoms with Gasteiger partial charge in [0.25, 0.3) is 0 Å². The molecule has 2 aliphatic heterocycles. The first-order chi connectivity index (χ1) is 8.65. The smallest absolute Gasteiger partial charge is 0.214 e. The molecule has 2 heterocycles. The number of hydrogen-bond donors (Lipinski definition) is 1. The Kier molecular flexibility index (Phi) is 5.15. The first-order valence-electron chi connectivity index (χ1n) is 7.34. The van der Waals surface area contributed by atoms with E-state index in [-0.39, 0.29) is 12.4 Å². The van der Waals surface area contributed by atoms with E-state index in [4.69, 9.17) is 0 Å². The van der Waals surface area contributed by atoms with E-state index < -0.39 is 10.0 Å². The van der Waals surface area contributed by atoms with Gasteiger partial charge >= 0.3 is 0 Å². The highest BCUT2D eigenvalue weighted by molar-refractivity contribution is 7.89. The summed E-state index contributed by atoms with van der Waals surface area (Å²) >= 11 is 0. The molecular weight excluding hydrogens is 284 g/mol. The third kappa shape index (κ3) is 3.43. The van der Waals surface area contributed by atoms with Crippen LogP contribution >= 0.6 is 12.4 Å². The Labute approximate surface area is 122 Å². The summed E-state index contributed by atoms with van der Waals surface area (Å²) in [5.74, 6) is 1.94. The molecule has 6 heteroatoms. The van der Waals surface area contributed by atoms with Gasteiger partial charge in [0, 0.05) is 13.1 Å². The molecule has 3 rings (SSSR count). The van der Waals surface area contributed by atoms with Crippen molar-refractivity contribution in [3.8, 4) is 0 Å². The highest BCUT2D eigenvalue weighted by atomic mass is 35.5. The lowest BCUT2D eigenvalue weighted by Gasteiger charge is -2.24. The largest absolute Gasteiger partial charge is 0.316 e. The van der Waals surface area contributed by atoms with Crippen LogP contribution < -0.4 is 5.32 Å². The Bertz CT molecular complexity index is 383. The molecule has 112 valence electrons. The van der Waals surface area contributed by atoms with Crippen molar-refractivity contribution in [1.29, 1.82) is 0 Å². The summed E-state index contributed by atoms with van der Waals surface area (Å²) in [7, 11) is -3.00. The minimum absolute atomic E-state index is 0. The molecule has 0 aromatic rings. The molecule has 0 radical (unpaired) electrons. The van der Waals surface area contributed by atoms with Crippen molar-refractivity contribution in [2.45, 2.75) is 32.1 Å². The fourth-order valence-corrected chi connectivity index (χ4v) is 5.77. The molecule has 0 amide bonds. The van der Waals surface area contributed by atoms with Gasteiger partial charge in [-0.25, -0.2) is 12.7 Å². The number of halogens is 1. The molecule has 0 aromatic carbocycles. The Balaban J connectivity index is 0.00000133. The van der Waals surface area contributed by atoms with Crippen molar-refractivity contribution < 1.29 is 8.42 Å². The molecule has 0 spiro atoms. The van der Waals surface area contributed by atoms with Gasteiger partial charge in [0.05, 0.1) is 5.75 Å². The van der Waals surface area contributed by atoms with Gasteiger partial charge in [-0.05, 0) is 43.7 Å².